The van der Waals surface area contributed by atoms with E-state index in [9.17, 15) is 0 Å². The minimum atomic E-state index is 0.0858. The second kappa shape index (κ2) is 6.71. The number of rotatable bonds is 5. The molecule has 0 amide bonds. The van der Waals surface area contributed by atoms with Gasteiger partial charge in [0.15, 0.2) is 5.11 Å². The van der Waals surface area contributed by atoms with E-state index in [2.05, 4.69) is 64.9 Å². The standard InChI is InChI=1S/C18H24N4S/c1-4-21-11-7-9-15(21)17-16(14-8-5-6-10-19-14)20-18(23)22(17)12-13(2)3/h5-11,13,16-17H,4,12H2,1-3H3,(H,20,23)/t16-,17-/m1/s1. The molecule has 0 aliphatic carbocycles. The molecule has 5 heteroatoms. The Kier molecular flexibility index (Phi) is 4.66. The molecule has 0 unspecified atom stereocenters. The van der Waals surface area contributed by atoms with Gasteiger partial charge in [0.1, 0.15) is 0 Å². The normalized spacial score (nSPS) is 21.0. The molecule has 3 rings (SSSR count). The Morgan fingerprint density at radius 3 is 2.74 bits per heavy atom. The maximum absolute atomic E-state index is 5.64. The van der Waals surface area contributed by atoms with Crippen LogP contribution in [0.2, 0.25) is 0 Å². The summed E-state index contributed by atoms with van der Waals surface area (Å²) >= 11 is 5.64. The Labute approximate surface area is 143 Å². The third-order valence-electron chi connectivity index (χ3n) is 4.27. The van der Waals surface area contributed by atoms with Gasteiger partial charge in [0.05, 0.1) is 17.8 Å². The van der Waals surface area contributed by atoms with Crippen molar-refractivity contribution in [1.29, 1.82) is 0 Å². The molecule has 3 heterocycles. The molecule has 4 nitrogen and oxygen atoms in total. The summed E-state index contributed by atoms with van der Waals surface area (Å²) in [7, 11) is 0. The van der Waals surface area contributed by atoms with Crippen LogP contribution in [0.3, 0.4) is 0 Å². The van der Waals surface area contributed by atoms with Crippen LogP contribution >= 0.6 is 12.2 Å². The first-order chi connectivity index (χ1) is 11.1. The fourth-order valence-electron chi connectivity index (χ4n) is 3.30. The van der Waals surface area contributed by atoms with Crippen LogP contribution in [0.25, 0.3) is 0 Å². The molecule has 1 fully saturated rings. The number of hydrogen-bond acceptors (Lipinski definition) is 2. The second-order valence-electron chi connectivity index (χ2n) is 6.39. The molecule has 2 aromatic heterocycles. The van der Waals surface area contributed by atoms with E-state index in [-0.39, 0.29) is 12.1 Å². The van der Waals surface area contributed by atoms with Gasteiger partial charge in [0, 0.05) is 31.2 Å². The van der Waals surface area contributed by atoms with E-state index < -0.39 is 0 Å². The van der Waals surface area contributed by atoms with Gasteiger partial charge >= 0.3 is 0 Å². The van der Waals surface area contributed by atoms with Crippen molar-refractivity contribution in [3.8, 4) is 0 Å². The molecule has 0 bridgehead atoms. The molecule has 0 radical (unpaired) electrons. The molecule has 0 saturated carbocycles. The van der Waals surface area contributed by atoms with E-state index in [0.29, 0.717) is 5.92 Å². The first-order valence-electron chi connectivity index (χ1n) is 8.25. The zero-order valence-electron chi connectivity index (χ0n) is 13.9. The molecule has 1 N–H and O–H groups in total. The summed E-state index contributed by atoms with van der Waals surface area (Å²) in [5, 5.41) is 4.32. The van der Waals surface area contributed by atoms with Crippen molar-refractivity contribution in [2.24, 2.45) is 5.92 Å². The Morgan fingerprint density at radius 2 is 2.09 bits per heavy atom. The van der Waals surface area contributed by atoms with Gasteiger partial charge in [0.2, 0.25) is 0 Å². The van der Waals surface area contributed by atoms with E-state index in [1.165, 1.54) is 5.69 Å². The van der Waals surface area contributed by atoms with Gasteiger partial charge in [-0.1, -0.05) is 19.9 Å². The number of aryl methyl sites for hydroxylation is 1. The van der Waals surface area contributed by atoms with E-state index >= 15 is 0 Å². The molecule has 2 atom stereocenters. The van der Waals surface area contributed by atoms with Gasteiger partial charge < -0.3 is 14.8 Å². The highest BCUT2D eigenvalue weighted by atomic mass is 32.1. The average molecular weight is 328 g/mol. The summed E-state index contributed by atoms with van der Waals surface area (Å²) in [6.45, 7) is 8.52. The van der Waals surface area contributed by atoms with Crippen molar-refractivity contribution in [3.63, 3.8) is 0 Å². The predicted octanol–water partition coefficient (Wildman–Crippen LogP) is 3.53. The Balaban J connectivity index is 2.03. The maximum Gasteiger partial charge on any atom is 0.170 e. The van der Waals surface area contributed by atoms with Crippen molar-refractivity contribution in [3.05, 3.63) is 54.1 Å². The summed E-state index contributed by atoms with van der Waals surface area (Å²) in [4.78, 5) is 6.89. The molecule has 122 valence electrons. The molecule has 1 aliphatic heterocycles. The molecule has 2 aromatic rings. The van der Waals surface area contributed by atoms with Crippen LogP contribution in [0.4, 0.5) is 0 Å². The van der Waals surface area contributed by atoms with Gasteiger partial charge in [-0.05, 0) is 49.3 Å². The second-order valence-corrected chi connectivity index (χ2v) is 6.78. The third kappa shape index (κ3) is 3.11. The zero-order chi connectivity index (χ0) is 16.4. The van der Waals surface area contributed by atoms with Crippen LogP contribution in [0.15, 0.2) is 42.7 Å². The van der Waals surface area contributed by atoms with Gasteiger partial charge in [-0.2, -0.15) is 0 Å². The van der Waals surface area contributed by atoms with Crippen LogP contribution in [-0.4, -0.2) is 26.1 Å². The molecule has 0 aromatic carbocycles. The highest BCUT2D eigenvalue weighted by Gasteiger charge is 2.40. The summed E-state index contributed by atoms with van der Waals surface area (Å²) in [6.07, 6.45) is 3.99. The molecular formula is C18H24N4S. The SMILES string of the molecule is CCn1cccc1[C@@H]1[C@@H](c2ccccn2)NC(=S)N1CC(C)C. The summed E-state index contributed by atoms with van der Waals surface area (Å²) < 4.78 is 2.30. The Hall–Kier alpha value is -1.88. The Morgan fingerprint density at radius 1 is 1.26 bits per heavy atom. The van der Waals surface area contributed by atoms with Gasteiger partial charge in [-0.3, -0.25) is 4.98 Å². The highest BCUT2D eigenvalue weighted by Crippen LogP contribution is 2.38. The lowest BCUT2D eigenvalue weighted by Crippen LogP contribution is -2.33. The molecule has 1 aliphatic rings. The summed E-state index contributed by atoms with van der Waals surface area (Å²) in [5.74, 6) is 0.546. The van der Waals surface area contributed by atoms with E-state index in [4.69, 9.17) is 12.2 Å². The van der Waals surface area contributed by atoms with Crippen LogP contribution in [0, 0.1) is 5.92 Å². The van der Waals surface area contributed by atoms with Crippen molar-refractivity contribution in [2.45, 2.75) is 39.4 Å². The van der Waals surface area contributed by atoms with Gasteiger partial charge in [-0.15, -0.1) is 0 Å². The average Bonchev–Trinajstić information content (AvgIpc) is 3.12. The number of pyridine rings is 1. The van der Waals surface area contributed by atoms with Crippen molar-refractivity contribution >= 4 is 17.3 Å². The van der Waals surface area contributed by atoms with Crippen LogP contribution in [-0.2, 0) is 6.54 Å². The number of hydrogen-bond donors (Lipinski definition) is 1. The fraction of sp³-hybridized carbons (Fsp3) is 0.444. The minimum absolute atomic E-state index is 0.0858. The molecule has 1 saturated heterocycles. The lowest BCUT2D eigenvalue weighted by atomic mass is 10.0. The lowest BCUT2D eigenvalue weighted by molar-refractivity contribution is 0.277. The van der Waals surface area contributed by atoms with Crippen molar-refractivity contribution in [2.75, 3.05) is 6.54 Å². The Bertz CT molecular complexity index is 665. The molecule has 23 heavy (non-hydrogen) atoms. The zero-order valence-corrected chi connectivity index (χ0v) is 14.8. The lowest BCUT2D eigenvalue weighted by Gasteiger charge is -2.30. The van der Waals surface area contributed by atoms with Crippen LogP contribution in [0.1, 0.15) is 44.2 Å². The largest absolute Gasteiger partial charge is 0.352 e. The number of nitrogens with zero attached hydrogens (tertiary/aromatic N) is 3. The topological polar surface area (TPSA) is 33.1 Å². The van der Waals surface area contributed by atoms with Crippen molar-refractivity contribution < 1.29 is 0 Å². The molecule has 0 spiro atoms. The van der Waals surface area contributed by atoms with Crippen LogP contribution in [0.5, 0.6) is 0 Å². The summed E-state index contributed by atoms with van der Waals surface area (Å²) in [5.41, 5.74) is 2.33. The highest BCUT2D eigenvalue weighted by molar-refractivity contribution is 7.80. The monoisotopic (exact) mass is 328 g/mol. The maximum atomic E-state index is 5.64. The third-order valence-corrected chi connectivity index (χ3v) is 4.62. The van der Waals surface area contributed by atoms with E-state index in [1.54, 1.807) is 0 Å². The quantitative estimate of drug-likeness (QED) is 0.851. The van der Waals surface area contributed by atoms with Gasteiger partial charge in [-0.25, -0.2) is 0 Å². The van der Waals surface area contributed by atoms with Crippen molar-refractivity contribution in [1.82, 2.24) is 19.8 Å². The minimum Gasteiger partial charge on any atom is -0.352 e. The number of aromatic nitrogens is 2. The first-order valence-corrected chi connectivity index (χ1v) is 8.65. The van der Waals surface area contributed by atoms with Gasteiger partial charge in [0.25, 0.3) is 0 Å². The van der Waals surface area contributed by atoms with Crippen LogP contribution < -0.4 is 5.32 Å². The smallest absolute Gasteiger partial charge is 0.170 e. The number of thiocarbonyl (C=S) groups is 1. The van der Waals surface area contributed by atoms with E-state index in [1.807, 2.05) is 18.3 Å². The fourth-order valence-corrected chi connectivity index (χ4v) is 3.62. The molecular weight excluding hydrogens is 304 g/mol. The predicted molar refractivity (Wildman–Crippen MR) is 97.1 cm³/mol. The first kappa shape index (κ1) is 16.0. The summed E-state index contributed by atoms with van der Waals surface area (Å²) in [6, 6.07) is 10.6. The number of nitrogens with one attached hydrogen (secondary N) is 1. The van der Waals surface area contributed by atoms with E-state index in [0.717, 1.165) is 23.9 Å².